The van der Waals surface area contributed by atoms with E-state index < -0.39 is 5.97 Å². The molecule has 1 N–H and O–H groups in total. The molecule has 0 radical (unpaired) electrons. The Hall–Kier alpha value is -1.28. The van der Waals surface area contributed by atoms with Gasteiger partial charge in [-0.15, -0.1) is 10.2 Å². The molecule has 21 heavy (non-hydrogen) atoms. The third kappa shape index (κ3) is 4.60. The molecule has 1 aromatic rings. The smallest absolute Gasteiger partial charge is 0.313 e. The van der Waals surface area contributed by atoms with Gasteiger partial charge in [0.25, 0.3) is 0 Å². The van der Waals surface area contributed by atoms with Crippen LogP contribution in [0.25, 0.3) is 0 Å². The van der Waals surface area contributed by atoms with Crippen molar-refractivity contribution in [2.75, 3.05) is 30.9 Å². The van der Waals surface area contributed by atoms with Crippen molar-refractivity contribution in [3.8, 4) is 0 Å². The number of anilines is 1. The van der Waals surface area contributed by atoms with Crippen LogP contribution in [0.15, 0.2) is 5.16 Å². The fourth-order valence-corrected chi connectivity index (χ4v) is 2.65. The molecule has 1 saturated carbocycles. The topological polar surface area (TPSA) is 80.5 Å². The number of hydrogen-bond donors (Lipinski definition) is 1. The van der Waals surface area contributed by atoms with Crippen LogP contribution in [0.1, 0.15) is 32.7 Å². The van der Waals surface area contributed by atoms with Crippen LogP contribution in [0.4, 0.5) is 5.95 Å². The minimum Gasteiger partial charge on any atom is -0.481 e. The van der Waals surface area contributed by atoms with Crippen molar-refractivity contribution in [3.63, 3.8) is 0 Å². The molecule has 0 atom stereocenters. The molecule has 0 saturated heterocycles. The second kappa shape index (κ2) is 7.13. The Morgan fingerprint density at radius 3 is 2.81 bits per heavy atom. The zero-order valence-electron chi connectivity index (χ0n) is 12.7. The number of rotatable bonds is 9. The minimum atomic E-state index is -0.842. The Bertz CT molecular complexity index is 488. The fraction of sp³-hybridized carbons (Fsp3) is 0.769. The lowest BCUT2D eigenvalue weighted by Gasteiger charge is -2.20. The van der Waals surface area contributed by atoms with Gasteiger partial charge >= 0.3 is 5.97 Å². The highest BCUT2D eigenvalue weighted by Crippen LogP contribution is 2.40. The summed E-state index contributed by atoms with van der Waals surface area (Å²) in [6.45, 7) is 5.37. The number of hydrogen-bond acceptors (Lipinski definition) is 6. The maximum absolute atomic E-state index is 10.7. The van der Waals surface area contributed by atoms with Gasteiger partial charge in [0, 0.05) is 19.6 Å². The number of likely N-dealkylation sites (N-methyl/N-ethyl adjacent to an activating group) is 1. The second-order valence-corrected chi connectivity index (χ2v) is 6.35. The molecule has 1 aliphatic carbocycles. The van der Waals surface area contributed by atoms with E-state index in [2.05, 4.69) is 14.8 Å². The number of aromatic nitrogens is 3. The molecule has 0 spiro atoms. The predicted molar refractivity (Wildman–Crippen MR) is 81.0 cm³/mol. The van der Waals surface area contributed by atoms with E-state index in [1.807, 2.05) is 25.8 Å². The standard InChI is InChI=1S/C13H22N4O3S/c1-9(2)20-7-6-16(3)12-14-15-13(21-8-11(18)19)17(12)10-4-5-10/h9-10H,4-8H2,1-3H3,(H,18,19). The van der Waals surface area contributed by atoms with Gasteiger partial charge in [0.15, 0.2) is 5.16 Å². The normalized spacial score (nSPS) is 14.7. The van der Waals surface area contributed by atoms with Gasteiger partial charge in [-0.1, -0.05) is 11.8 Å². The Morgan fingerprint density at radius 1 is 1.52 bits per heavy atom. The van der Waals surface area contributed by atoms with E-state index in [0.29, 0.717) is 17.8 Å². The first-order valence-corrected chi connectivity index (χ1v) is 8.09. The second-order valence-electron chi connectivity index (χ2n) is 5.41. The highest BCUT2D eigenvalue weighted by molar-refractivity contribution is 7.99. The summed E-state index contributed by atoms with van der Waals surface area (Å²) in [5.41, 5.74) is 0. The molecule has 7 nitrogen and oxygen atoms in total. The average Bonchev–Trinajstić information content (AvgIpc) is 3.15. The van der Waals surface area contributed by atoms with E-state index in [-0.39, 0.29) is 11.9 Å². The summed E-state index contributed by atoms with van der Waals surface area (Å²) in [4.78, 5) is 12.7. The Balaban J connectivity index is 2.02. The van der Waals surface area contributed by atoms with E-state index in [9.17, 15) is 4.79 Å². The van der Waals surface area contributed by atoms with Gasteiger partial charge in [-0.3, -0.25) is 9.36 Å². The predicted octanol–water partition coefficient (Wildman–Crippen LogP) is 1.65. The summed E-state index contributed by atoms with van der Waals surface area (Å²) in [5.74, 6) is -0.0475. The SMILES string of the molecule is CC(C)OCCN(C)c1nnc(SCC(=O)O)n1C1CC1. The van der Waals surface area contributed by atoms with Gasteiger partial charge < -0.3 is 14.7 Å². The fourth-order valence-electron chi connectivity index (χ4n) is 1.93. The van der Waals surface area contributed by atoms with E-state index >= 15 is 0 Å². The molecule has 0 bridgehead atoms. The van der Waals surface area contributed by atoms with Gasteiger partial charge in [-0.05, 0) is 26.7 Å². The van der Waals surface area contributed by atoms with Crippen molar-refractivity contribution in [2.24, 2.45) is 0 Å². The molecule has 0 aliphatic heterocycles. The molecule has 1 aromatic heterocycles. The van der Waals surface area contributed by atoms with Gasteiger partial charge in [-0.2, -0.15) is 0 Å². The van der Waals surface area contributed by atoms with Crippen molar-refractivity contribution >= 4 is 23.7 Å². The molecular weight excluding hydrogens is 292 g/mol. The van der Waals surface area contributed by atoms with E-state index in [1.54, 1.807) is 0 Å². The van der Waals surface area contributed by atoms with E-state index in [0.717, 1.165) is 25.3 Å². The average molecular weight is 314 g/mol. The number of aliphatic carboxylic acids is 1. The van der Waals surface area contributed by atoms with Crippen molar-refractivity contribution < 1.29 is 14.6 Å². The van der Waals surface area contributed by atoms with Crippen LogP contribution in [-0.4, -0.2) is 57.9 Å². The molecule has 0 amide bonds. The van der Waals surface area contributed by atoms with Crippen LogP contribution in [0.5, 0.6) is 0 Å². The Kier molecular flexibility index (Phi) is 5.46. The summed E-state index contributed by atoms with van der Waals surface area (Å²) < 4.78 is 7.61. The molecule has 1 aliphatic rings. The lowest BCUT2D eigenvalue weighted by molar-refractivity contribution is -0.133. The molecular formula is C13H22N4O3S. The number of carboxylic acid groups (broad SMARTS) is 1. The Morgan fingerprint density at radius 2 is 2.24 bits per heavy atom. The van der Waals surface area contributed by atoms with Crippen LogP contribution in [0.2, 0.25) is 0 Å². The van der Waals surface area contributed by atoms with E-state index in [1.165, 1.54) is 11.8 Å². The maximum atomic E-state index is 10.7. The third-order valence-corrected chi connectivity index (χ3v) is 4.03. The first kappa shape index (κ1) is 16.1. The van der Waals surface area contributed by atoms with Gasteiger partial charge in [0.2, 0.25) is 5.95 Å². The van der Waals surface area contributed by atoms with Crippen molar-refractivity contribution in [1.82, 2.24) is 14.8 Å². The lowest BCUT2D eigenvalue weighted by atomic mass is 10.5. The first-order chi connectivity index (χ1) is 9.99. The highest BCUT2D eigenvalue weighted by atomic mass is 32.2. The van der Waals surface area contributed by atoms with Crippen molar-refractivity contribution in [2.45, 2.75) is 44.0 Å². The molecule has 118 valence electrons. The molecule has 2 rings (SSSR count). The molecule has 1 heterocycles. The van der Waals surface area contributed by atoms with Crippen LogP contribution in [-0.2, 0) is 9.53 Å². The minimum absolute atomic E-state index is 0.00499. The van der Waals surface area contributed by atoms with Crippen molar-refractivity contribution in [1.29, 1.82) is 0 Å². The Labute approximate surface area is 128 Å². The third-order valence-electron chi connectivity index (χ3n) is 3.10. The summed E-state index contributed by atoms with van der Waals surface area (Å²) in [6, 6.07) is 0.403. The van der Waals surface area contributed by atoms with Crippen LogP contribution < -0.4 is 4.90 Å². The summed E-state index contributed by atoms with van der Waals surface area (Å²) in [5, 5.41) is 17.9. The van der Waals surface area contributed by atoms with Crippen LogP contribution >= 0.6 is 11.8 Å². The maximum Gasteiger partial charge on any atom is 0.313 e. The lowest BCUT2D eigenvalue weighted by Crippen LogP contribution is -2.26. The van der Waals surface area contributed by atoms with Gasteiger partial charge in [0.1, 0.15) is 0 Å². The number of thioether (sulfide) groups is 1. The van der Waals surface area contributed by atoms with Crippen molar-refractivity contribution in [3.05, 3.63) is 0 Å². The molecule has 8 heteroatoms. The zero-order chi connectivity index (χ0) is 15.4. The summed E-state index contributed by atoms with van der Waals surface area (Å²) >= 11 is 1.22. The van der Waals surface area contributed by atoms with Gasteiger partial charge in [0.05, 0.1) is 18.5 Å². The quantitative estimate of drug-likeness (QED) is 0.694. The molecule has 0 aromatic carbocycles. The van der Waals surface area contributed by atoms with Crippen LogP contribution in [0, 0.1) is 0 Å². The van der Waals surface area contributed by atoms with Crippen LogP contribution in [0.3, 0.4) is 0 Å². The molecule has 1 fully saturated rings. The number of ether oxygens (including phenoxy) is 1. The number of carbonyl (C=O) groups is 1. The van der Waals surface area contributed by atoms with E-state index in [4.69, 9.17) is 9.84 Å². The largest absolute Gasteiger partial charge is 0.481 e. The van der Waals surface area contributed by atoms with Gasteiger partial charge in [-0.25, -0.2) is 0 Å². The number of carboxylic acids is 1. The first-order valence-electron chi connectivity index (χ1n) is 7.11. The zero-order valence-corrected chi connectivity index (χ0v) is 13.5. The highest BCUT2D eigenvalue weighted by Gasteiger charge is 2.31. The number of nitrogens with zero attached hydrogens (tertiary/aromatic N) is 4. The summed E-state index contributed by atoms with van der Waals surface area (Å²) in [6.07, 6.45) is 2.41. The monoisotopic (exact) mass is 314 g/mol. The molecule has 0 unspecified atom stereocenters. The summed E-state index contributed by atoms with van der Waals surface area (Å²) in [7, 11) is 1.96.